The zero-order chi connectivity index (χ0) is 9.26. The monoisotopic (exact) mass is 216 g/mol. The van der Waals surface area contributed by atoms with Crippen LogP contribution in [-0.2, 0) is 6.54 Å². The Morgan fingerprint density at radius 1 is 1.77 bits per heavy atom. The number of hydrogen-bond acceptors (Lipinski definition) is 2. The van der Waals surface area contributed by atoms with Crippen LogP contribution in [0.3, 0.4) is 0 Å². The van der Waals surface area contributed by atoms with Gasteiger partial charge in [0, 0.05) is 18.2 Å². The zero-order valence-corrected chi connectivity index (χ0v) is 9.24. The van der Waals surface area contributed by atoms with Crippen LogP contribution in [0.2, 0.25) is 5.15 Å². The van der Waals surface area contributed by atoms with Crippen molar-refractivity contribution in [2.75, 3.05) is 11.5 Å². The van der Waals surface area contributed by atoms with Crippen LogP contribution in [0.1, 0.15) is 25.1 Å². The lowest BCUT2D eigenvalue weighted by atomic mass is 10.1. The van der Waals surface area contributed by atoms with Crippen molar-refractivity contribution < 1.29 is 0 Å². The van der Waals surface area contributed by atoms with Gasteiger partial charge in [0.25, 0.3) is 0 Å². The zero-order valence-electron chi connectivity index (χ0n) is 7.66. The first-order chi connectivity index (χ1) is 6.33. The minimum absolute atomic E-state index is 0.623. The highest BCUT2D eigenvalue weighted by molar-refractivity contribution is 7.99. The Labute approximate surface area is 87.7 Å². The van der Waals surface area contributed by atoms with Crippen molar-refractivity contribution in [1.82, 2.24) is 9.55 Å². The second-order valence-corrected chi connectivity index (χ2v) is 4.78. The first kappa shape index (κ1) is 9.41. The molecule has 72 valence electrons. The molecule has 1 atom stereocenters. The summed E-state index contributed by atoms with van der Waals surface area (Å²) in [6, 6.07) is 0. The van der Waals surface area contributed by atoms with Crippen molar-refractivity contribution >= 4 is 23.4 Å². The maximum Gasteiger partial charge on any atom is 0.128 e. The number of hydrogen-bond donors (Lipinski definition) is 0. The molecular formula is C9H13ClN2S. The van der Waals surface area contributed by atoms with Crippen LogP contribution in [0.5, 0.6) is 0 Å². The van der Waals surface area contributed by atoms with E-state index in [2.05, 4.69) is 16.5 Å². The lowest BCUT2D eigenvalue weighted by Crippen LogP contribution is -2.07. The molecule has 1 fully saturated rings. The molecule has 0 saturated carbocycles. The maximum absolute atomic E-state index is 6.02. The van der Waals surface area contributed by atoms with Crippen LogP contribution in [0, 0.1) is 0 Å². The number of nitrogens with zero attached hydrogens (tertiary/aromatic N) is 2. The Hall–Kier alpha value is -0.150. The molecule has 1 unspecified atom stereocenters. The van der Waals surface area contributed by atoms with Gasteiger partial charge in [0.05, 0.1) is 6.20 Å². The highest BCUT2D eigenvalue weighted by Crippen LogP contribution is 2.32. The molecule has 0 spiro atoms. The summed E-state index contributed by atoms with van der Waals surface area (Å²) in [5, 5.41) is 0.773. The van der Waals surface area contributed by atoms with E-state index in [1.807, 2.05) is 11.8 Å². The molecule has 2 rings (SSSR count). The molecule has 1 aromatic rings. The van der Waals surface area contributed by atoms with E-state index in [1.165, 1.54) is 23.8 Å². The van der Waals surface area contributed by atoms with Gasteiger partial charge in [-0.2, -0.15) is 11.8 Å². The Morgan fingerprint density at radius 3 is 3.23 bits per heavy atom. The maximum atomic E-state index is 6.02. The molecular weight excluding hydrogens is 204 g/mol. The summed E-state index contributed by atoms with van der Waals surface area (Å²) in [5.74, 6) is 4.27. The van der Waals surface area contributed by atoms with Crippen LogP contribution in [-0.4, -0.2) is 21.1 Å². The summed E-state index contributed by atoms with van der Waals surface area (Å²) < 4.78 is 2.11. The Kier molecular flexibility index (Phi) is 2.84. The van der Waals surface area contributed by atoms with Gasteiger partial charge in [-0.1, -0.05) is 11.6 Å². The minimum atomic E-state index is 0.623. The predicted molar refractivity (Wildman–Crippen MR) is 57.6 cm³/mol. The standard InChI is InChI=1S/C9H13ClN2S/c1-2-12-8(10)5-11-9(12)7-3-4-13-6-7/h5,7H,2-4,6H2,1H3. The lowest BCUT2D eigenvalue weighted by Gasteiger charge is -2.10. The quantitative estimate of drug-likeness (QED) is 0.757. The third-order valence-corrected chi connectivity index (χ3v) is 3.91. The normalized spacial score (nSPS) is 22.5. The number of halogens is 1. The summed E-state index contributed by atoms with van der Waals surface area (Å²) in [6.07, 6.45) is 3.02. The van der Waals surface area contributed by atoms with Crippen molar-refractivity contribution in [3.63, 3.8) is 0 Å². The van der Waals surface area contributed by atoms with E-state index in [9.17, 15) is 0 Å². The fourth-order valence-electron chi connectivity index (χ4n) is 1.75. The predicted octanol–water partition coefficient (Wildman–Crippen LogP) is 2.78. The molecule has 4 heteroatoms. The van der Waals surface area contributed by atoms with Crippen molar-refractivity contribution in [3.8, 4) is 0 Å². The number of imidazole rings is 1. The Bertz CT molecular complexity index is 292. The Balaban J connectivity index is 2.27. The van der Waals surface area contributed by atoms with Crippen LogP contribution in [0.4, 0.5) is 0 Å². The first-order valence-corrected chi connectivity index (χ1v) is 6.15. The van der Waals surface area contributed by atoms with Gasteiger partial charge in [-0.15, -0.1) is 0 Å². The summed E-state index contributed by atoms with van der Waals surface area (Å²) in [7, 11) is 0. The second kappa shape index (κ2) is 3.93. The largest absolute Gasteiger partial charge is 0.319 e. The Morgan fingerprint density at radius 2 is 2.62 bits per heavy atom. The molecule has 0 aliphatic carbocycles. The van der Waals surface area contributed by atoms with Crippen molar-refractivity contribution in [2.24, 2.45) is 0 Å². The molecule has 1 saturated heterocycles. The molecule has 0 amide bonds. The van der Waals surface area contributed by atoms with E-state index in [4.69, 9.17) is 11.6 Å². The minimum Gasteiger partial charge on any atom is -0.319 e. The lowest BCUT2D eigenvalue weighted by molar-refractivity contribution is 0.629. The van der Waals surface area contributed by atoms with E-state index in [-0.39, 0.29) is 0 Å². The molecule has 2 nitrogen and oxygen atoms in total. The summed E-state index contributed by atoms with van der Waals surface area (Å²) in [6.45, 7) is 3.04. The molecule has 1 aliphatic rings. The van der Waals surface area contributed by atoms with Crippen LogP contribution in [0.25, 0.3) is 0 Å². The molecule has 13 heavy (non-hydrogen) atoms. The molecule has 2 heterocycles. The van der Waals surface area contributed by atoms with Gasteiger partial charge in [0.2, 0.25) is 0 Å². The molecule has 0 N–H and O–H groups in total. The highest BCUT2D eigenvalue weighted by atomic mass is 35.5. The molecule has 0 bridgehead atoms. The number of thioether (sulfide) groups is 1. The summed E-state index contributed by atoms with van der Waals surface area (Å²) in [4.78, 5) is 4.39. The fourth-order valence-corrected chi connectivity index (χ4v) is 3.22. The van der Waals surface area contributed by atoms with Crippen molar-refractivity contribution in [2.45, 2.75) is 25.8 Å². The molecule has 1 aromatic heterocycles. The van der Waals surface area contributed by atoms with Gasteiger partial charge < -0.3 is 4.57 Å². The van der Waals surface area contributed by atoms with Crippen molar-refractivity contribution in [1.29, 1.82) is 0 Å². The van der Waals surface area contributed by atoms with Crippen LogP contribution in [0.15, 0.2) is 6.20 Å². The van der Waals surface area contributed by atoms with E-state index >= 15 is 0 Å². The SMILES string of the molecule is CCn1c(Cl)cnc1C1CCSC1. The third-order valence-electron chi connectivity index (χ3n) is 2.45. The average Bonchev–Trinajstić information content (AvgIpc) is 2.71. The third kappa shape index (κ3) is 1.72. The first-order valence-electron chi connectivity index (χ1n) is 4.61. The van der Waals surface area contributed by atoms with E-state index in [0.29, 0.717) is 5.92 Å². The summed E-state index contributed by atoms with van der Waals surface area (Å²) >= 11 is 8.03. The number of rotatable bonds is 2. The van der Waals surface area contributed by atoms with E-state index < -0.39 is 0 Å². The average molecular weight is 217 g/mol. The van der Waals surface area contributed by atoms with Crippen molar-refractivity contribution in [3.05, 3.63) is 17.2 Å². The van der Waals surface area contributed by atoms with Gasteiger partial charge in [-0.25, -0.2) is 4.98 Å². The molecule has 0 aromatic carbocycles. The highest BCUT2D eigenvalue weighted by Gasteiger charge is 2.22. The second-order valence-electron chi connectivity index (χ2n) is 3.24. The van der Waals surface area contributed by atoms with E-state index in [0.717, 1.165) is 11.7 Å². The molecule has 0 radical (unpaired) electrons. The van der Waals surface area contributed by atoms with Gasteiger partial charge in [-0.05, 0) is 19.1 Å². The van der Waals surface area contributed by atoms with Gasteiger partial charge in [-0.3, -0.25) is 0 Å². The smallest absolute Gasteiger partial charge is 0.128 e. The number of aromatic nitrogens is 2. The molecule has 1 aliphatic heterocycles. The van der Waals surface area contributed by atoms with Crippen LogP contribution >= 0.6 is 23.4 Å². The van der Waals surface area contributed by atoms with Gasteiger partial charge >= 0.3 is 0 Å². The fraction of sp³-hybridized carbons (Fsp3) is 0.667. The van der Waals surface area contributed by atoms with Gasteiger partial charge in [0.15, 0.2) is 0 Å². The van der Waals surface area contributed by atoms with Crippen LogP contribution < -0.4 is 0 Å². The van der Waals surface area contributed by atoms with Gasteiger partial charge in [0.1, 0.15) is 11.0 Å². The topological polar surface area (TPSA) is 17.8 Å². The summed E-state index contributed by atoms with van der Waals surface area (Å²) in [5.41, 5.74) is 0. The van der Waals surface area contributed by atoms with E-state index in [1.54, 1.807) is 6.20 Å².